The molecule has 0 amide bonds. The Morgan fingerprint density at radius 2 is 1.94 bits per heavy atom. The summed E-state index contributed by atoms with van der Waals surface area (Å²) in [4.78, 5) is 4.45. The van der Waals surface area contributed by atoms with Crippen LogP contribution in [0.2, 0.25) is 0 Å². The van der Waals surface area contributed by atoms with E-state index in [9.17, 15) is 13.2 Å². The first-order valence-electron chi connectivity index (χ1n) is 4.63. The van der Waals surface area contributed by atoms with Crippen LogP contribution in [0.3, 0.4) is 0 Å². The molecule has 3 nitrogen and oxygen atoms in total. The second kappa shape index (κ2) is 5.29. The summed E-state index contributed by atoms with van der Waals surface area (Å²) < 4.78 is 37.9. The molecule has 1 aromatic carbocycles. The monoisotopic (exact) mass is 235 g/mol. The molecule has 0 bridgehead atoms. The average Bonchev–Trinajstić information content (AvgIpc) is 2.25. The van der Waals surface area contributed by atoms with Gasteiger partial charge in [0.25, 0.3) is 0 Å². The van der Waals surface area contributed by atoms with Crippen LogP contribution < -0.4 is 5.90 Å². The molecule has 1 unspecified atom stereocenters. The lowest BCUT2D eigenvalue weighted by Gasteiger charge is -2.18. The van der Waals surface area contributed by atoms with Crippen molar-refractivity contribution < 1.29 is 23.1 Å². The number of hydrogen-bond acceptors (Lipinski definition) is 3. The van der Waals surface area contributed by atoms with Crippen molar-refractivity contribution in [1.29, 1.82) is 0 Å². The van der Waals surface area contributed by atoms with Gasteiger partial charge >= 0.3 is 6.18 Å². The highest BCUT2D eigenvalue weighted by molar-refractivity contribution is 5.31. The normalized spacial score (nSPS) is 13.8. The lowest BCUT2D eigenvalue weighted by atomic mass is 10.00. The third-order valence-electron chi connectivity index (χ3n) is 2.17. The fourth-order valence-corrected chi connectivity index (χ4v) is 1.45. The van der Waals surface area contributed by atoms with Crippen LogP contribution in [-0.2, 0) is 11.0 Å². The zero-order valence-corrected chi connectivity index (χ0v) is 8.37. The maximum atomic E-state index is 12.6. The van der Waals surface area contributed by atoms with Crippen LogP contribution in [0.1, 0.15) is 23.7 Å². The van der Waals surface area contributed by atoms with E-state index in [0.717, 1.165) is 6.07 Å². The summed E-state index contributed by atoms with van der Waals surface area (Å²) in [7, 11) is 0. The molecular formula is C10H12F3NO2. The third-order valence-corrected chi connectivity index (χ3v) is 2.17. The van der Waals surface area contributed by atoms with Crippen LogP contribution in [0, 0.1) is 0 Å². The molecule has 0 aliphatic rings. The molecule has 0 aliphatic heterocycles. The van der Waals surface area contributed by atoms with E-state index in [1.165, 1.54) is 18.2 Å². The minimum Gasteiger partial charge on any atom is -0.396 e. The van der Waals surface area contributed by atoms with Gasteiger partial charge in [0.15, 0.2) is 0 Å². The fraction of sp³-hybridized carbons (Fsp3) is 0.400. The molecule has 0 aromatic heterocycles. The van der Waals surface area contributed by atoms with Crippen molar-refractivity contribution in [2.45, 2.75) is 18.7 Å². The highest BCUT2D eigenvalue weighted by Gasteiger charge is 2.34. The number of aliphatic hydroxyl groups is 1. The lowest BCUT2D eigenvalue weighted by Crippen LogP contribution is -2.17. The Morgan fingerprint density at radius 3 is 2.44 bits per heavy atom. The molecule has 6 heteroatoms. The summed E-state index contributed by atoms with van der Waals surface area (Å²) in [5, 5.41) is 8.71. The van der Waals surface area contributed by atoms with Gasteiger partial charge in [0, 0.05) is 13.0 Å². The molecular weight excluding hydrogens is 223 g/mol. The summed E-state index contributed by atoms with van der Waals surface area (Å²) in [5.41, 5.74) is -0.856. The maximum Gasteiger partial charge on any atom is 0.416 e. The number of benzene rings is 1. The SMILES string of the molecule is NOC(CCO)c1ccccc1C(F)(F)F. The summed E-state index contributed by atoms with van der Waals surface area (Å²) in [6.45, 7) is -0.298. The van der Waals surface area contributed by atoms with Crippen molar-refractivity contribution in [3.8, 4) is 0 Å². The van der Waals surface area contributed by atoms with Gasteiger partial charge in [0.1, 0.15) is 6.10 Å². The van der Waals surface area contributed by atoms with Gasteiger partial charge in [-0.2, -0.15) is 13.2 Å². The number of aliphatic hydroxyl groups excluding tert-OH is 1. The van der Waals surface area contributed by atoms with Gasteiger partial charge in [0.05, 0.1) is 5.56 Å². The first-order valence-corrected chi connectivity index (χ1v) is 4.63. The van der Waals surface area contributed by atoms with E-state index in [2.05, 4.69) is 4.84 Å². The van der Waals surface area contributed by atoms with Gasteiger partial charge < -0.3 is 5.11 Å². The zero-order valence-electron chi connectivity index (χ0n) is 8.37. The highest BCUT2D eigenvalue weighted by Crippen LogP contribution is 2.35. The number of hydrogen-bond donors (Lipinski definition) is 2. The van der Waals surface area contributed by atoms with Gasteiger partial charge in [-0.25, -0.2) is 5.90 Å². The predicted molar refractivity (Wildman–Crippen MR) is 51.2 cm³/mol. The Hall–Kier alpha value is -1.11. The molecule has 0 fully saturated rings. The van der Waals surface area contributed by atoms with E-state index >= 15 is 0 Å². The topological polar surface area (TPSA) is 55.5 Å². The van der Waals surface area contributed by atoms with E-state index in [0.29, 0.717) is 0 Å². The molecule has 0 saturated heterocycles. The first kappa shape index (κ1) is 13.0. The quantitative estimate of drug-likeness (QED) is 0.785. The molecule has 1 atom stereocenters. The number of nitrogens with two attached hydrogens (primary N) is 1. The van der Waals surface area contributed by atoms with E-state index in [4.69, 9.17) is 11.0 Å². The standard InChI is InChI=1S/C10H12F3NO2/c11-10(12,13)8-4-2-1-3-7(8)9(16-14)5-6-15/h1-4,9,15H,5-6,14H2. The van der Waals surface area contributed by atoms with Crippen LogP contribution in [-0.4, -0.2) is 11.7 Å². The zero-order chi connectivity index (χ0) is 12.2. The molecule has 1 rings (SSSR count). The van der Waals surface area contributed by atoms with Gasteiger partial charge in [-0.1, -0.05) is 18.2 Å². The van der Waals surface area contributed by atoms with Crippen LogP contribution in [0.25, 0.3) is 0 Å². The second-order valence-corrected chi connectivity index (χ2v) is 3.22. The van der Waals surface area contributed by atoms with Crippen molar-refractivity contribution in [1.82, 2.24) is 0 Å². The molecule has 0 heterocycles. The predicted octanol–water partition coefficient (Wildman–Crippen LogP) is 2.02. The largest absolute Gasteiger partial charge is 0.416 e. The summed E-state index contributed by atoms with van der Waals surface area (Å²) >= 11 is 0. The van der Waals surface area contributed by atoms with Crippen molar-refractivity contribution >= 4 is 0 Å². The summed E-state index contributed by atoms with van der Waals surface area (Å²) in [6.07, 6.45) is -5.39. The van der Waals surface area contributed by atoms with Crippen molar-refractivity contribution in [2.75, 3.05) is 6.61 Å². The third kappa shape index (κ3) is 2.94. The minimum absolute atomic E-state index is 0.0175. The van der Waals surface area contributed by atoms with Crippen LogP contribution in [0.15, 0.2) is 24.3 Å². The van der Waals surface area contributed by atoms with E-state index in [1.807, 2.05) is 0 Å². The molecule has 0 radical (unpaired) electrons. The number of rotatable bonds is 4. The molecule has 0 spiro atoms. The van der Waals surface area contributed by atoms with Gasteiger partial charge in [-0.05, 0) is 11.6 Å². The molecule has 16 heavy (non-hydrogen) atoms. The van der Waals surface area contributed by atoms with Gasteiger partial charge in [-0.15, -0.1) is 0 Å². The number of halogens is 3. The molecule has 3 N–H and O–H groups in total. The average molecular weight is 235 g/mol. The van der Waals surface area contributed by atoms with E-state index < -0.39 is 17.8 Å². The summed E-state index contributed by atoms with van der Waals surface area (Å²) in [5.74, 6) is 4.92. The Kier molecular flexibility index (Phi) is 4.28. The molecule has 90 valence electrons. The molecule has 0 aliphatic carbocycles. The summed E-state index contributed by atoms with van der Waals surface area (Å²) in [6, 6.07) is 5.00. The Labute approximate surface area is 90.6 Å². The van der Waals surface area contributed by atoms with Gasteiger partial charge in [0.2, 0.25) is 0 Å². The first-order chi connectivity index (χ1) is 7.50. The highest BCUT2D eigenvalue weighted by atomic mass is 19.4. The number of alkyl halides is 3. The van der Waals surface area contributed by atoms with Crippen molar-refractivity contribution in [3.63, 3.8) is 0 Å². The second-order valence-electron chi connectivity index (χ2n) is 3.22. The van der Waals surface area contributed by atoms with Crippen molar-refractivity contribution in [3.05, 3.63) is 35.4 Å². The lowest BCUT2D eigenvalue weighted by molar-refractivity contribution is -0.139. The van der Waals surface area contributed by atoms with Gasteiger partial charge in [-0.3, -0.25) is 4.84 Å². The molecule has 1 aromatic rings. The Bertz CT molecular complexity index is 341. The smallest absolute Gasteiger partial charge is 0.396 e. The minimum atomic E-state index is -4.46. The Morgan fingerprint density at radius 1 is 1.31 bits per heavy atom. The fourth-order valence-electron chi connectivity index (χ4n) is 1.45. The van der Waals surface area contributed by atoms with Crippen molar-refractivity contribution in [2.24, 2.45) is 5.90 Å². The maximum absolute atomic E-state index is 12.6. The van der Waals surface area contributed by atoms with Crippen LogP contribution >= 0.6 is 0 Å². The molecule has 0 saturated carbocycles. The van der Waals surface area contributed by atoms with E-state index in [1.54, 1.807) is 0 Å². The van der Waals surface area contributed by atoms with E-state index in [-0.39, 0.29) is 18.6 Å². The van der Waals surface area contributed by atoms with Crippen LogP contribution in [0.5, 0.6) is 0 Å². The Balaban J connectivity index is 3.11. The van der Waals surface area contributed by atoms with Crippen LogP contribution in [0.4, 0.5) is 13.2 Å².